The quantitative estimate of drug-likeness (QED) is 0.679. The zero-order valence-corrected chi connectivity index (χ0v) is 13.1. The molecule has 0 N–H and O–H groups in total. The van der Waals surface area contributed by atoms with Gasteiger partial charge in [-0.15, -0.1) is 0 Å². The average Bonchev–Trinajstić information content (AvgIpc) is 3.23. The molecule has 1 aliphatic heterocycles. The predicted octanol–water partition coefficient (Wildman–Crippen LogP) is 2.68. The van der Waals surface area contributed by atoms with Crippen LogP contribution >= 0.6 is 11.6 Å². The molecule has 1 saturated heterocycles. The molecule has 0 aromatic carbocycles. The number of hydrogen-bond acceptors (Lipinski definition) is 4. The fraction of sp³-hybridized carbons (Fsp3) is 0.250. The molecule has 0 saturated carbocycles. The highest BCUT2D eigenvalue weighted by atomic mass is 35.5. The van der Waals surface area contributed by atoms with Gasteiger partial charge in [-0.25, -0.2) is 9.97 Å². The molecule has 7 heteroatoms. The van der Waals surface area contributed by atoms with Crippen molar-refractivity contribution < 1.29 is 4.79 Å². The van der Waals surface area contributed by atoms with Gasteiger partial charge in [0.25, 0.3) is 5.91 Å². The first-order valence-electron chi connectivity index (χ1n) is 7.47. The Bertz CT molecular complexity index is 868. The number of rotatable bonds is 2. The zero-order chi connectivity index (χ0) is 15.8. The molecule has 0 spiro atoms. The van der Waals surface area contributed by atoms with E-state index >= 15 is 0 Å². The molecule has 3 aromatic rings. The smallest absolute Gasteiger partial charge is 0.290 e. The third-order valence-corrected chi connectivity index (χ3v) is 4.26. The summed E-state index contributed by atoms with van der Waals surface area (Å²) in [5, 5.41) is 0.420. The van der Waals surface area contributed by atoms with Crippen LogP contribution in [0, 0.1) is 0 Å². The molecule has 0 atom stereocenters. The number of amides is 1. The Hall–Kier alpha value is -2.47. The second-order valence-corrected chi connectivity index (χ2v) is 5.87. The summed E-state index contributed by atoms with van der Waals surface area (Å²) in [6.45, 7) is 1.58. The van der Waals surface area contributed by atoms with E-state index in [1.165, 1.54) is 0 Å². The van der Waals surface area contributed by atoms with Crippen molar-refractivity contribution in [2.45, 2.75) is 12.8 Å². The van der Waals surface area contributed by atoms with Crippen molar-refractivity contribution in [2.24, 2.45) is 0 Å². The van der Waals surface area contributed by atoms with E-state index in [1.807, 2.05) is 11.0 Å². The lowest BCUT2D eigenvalue weighted by Crippen LogP contribution is -2.29. The third kappa shape index (κ3) is 2.45. The Balaban J connectivity index is 1.86. The summed E-state index contributed by atoms with van der Waals surface area (Å²) in [5.74, 6) is 0.367. The molecule has 0 aliphatic carbocycles. The summed E-state index contributed by atoms with van der Waals surface area (Å²) >= 11 is 5.85. The SMILES string of the molecule is O=C(c1nc(-c2ccc(Cl)nc2)c2cnccn12)N1CCCC1. The number of likely N-dealkylation sites (tertiary alicyclic amines) is 1. The van der Waals surface area contributed by atoms with Gasteiger partial charge in [0.1, 0.15) is 10.8 Å². The highest BCUT2D eigenvalue weighted by Crippen LogP contribution is 2.25. The van der Waals surface area contributed by atoms with Crippen molar-refractivity contribution in [3.05, 3.63) is 47.9 Å². The Labute approximate surface area is 137 Å². The van der Waals surface area contributed by atoms with Gasteiger partial charge in [-0.3, -0.25) is 14.2 Å². The van der Waals surface area contributed by atoms with Crippen LogP contribution in [0.5, 0.6) is 0 Å². The normalized spacial score (nSPS) is 14.6. The highest BCUT2D eigenvalue weighted by Gasteiger charge is 2.25. The van der Waals surface area contributed by atoms with Crippen molar-refractivity contribution in [1.82, 2.24) is 24.3 Å². The fourth-order valence-corrected chi connectivity index (χ4v) is 2.99. The first kappa shape index (κ1) is 14.1. The van der Waals surface area contributed by atoms with E-state index in [4.69, 9.17) is 11.6 Å². The lowest BCUT2D eigenvalue weighted by Gasteiger charge is -2.13. The molecule has 6 nitrogen and oxygen atoms in total. The monoisotopic (exact) mass is 327 g/mol. The van der Waals surface area contributed by atoms with Crippen molar-refractivity contribution in [2.75, 3.05) is 13.1 Å². The molecule has 1 aliphatic rings. The first-order valence-corrected chi connectivity index (χ1v) is 7.85. The van der Waals surface area contributed by atoms with Crippen molar-refractivity contribution >= 4 is 23.0 Å². The van der Waals surface area contributed by atoms with E-state index < -0.39 is 0 Å². The van der Waals surface area contributed by atoms with Crippen LogP contribution in [0.25, 0.3) is 16.8 Å². The molecular formula is C16H14ClN5O. The van der Waals surface area contributed by atoms with Crippen LogP contribution in [-0.4, -0.2) is 43.2 Å². The molecule has 1 fully saturated rings. The summed E-state index contributed by atoms with van der Waals surface area (Å²) in [6.07, 6.45) is 8.87. The molecule has 4 rings (SSSR count). The maximum atomic E-state index is 12.7. The number of halogens is 1. The van der Waals surface area contributed by atoms with Crippen molar-refractivity contribution in [3.8, 4) is 11.3 Å². The number of carbonyl (C=O) groups is 1. The Morgan fingerprint density at radius 3 is 2.74 bits per heavy atom. The average molecular weight is 328 g/mol. The number of aromatic nitrogens is 4. The molecule has 116 valence electrons. The minimum atomic E-state index is -0.0446. The second-order valence-electron chi connectivity index (χ2n) is 5.48. The third-order valence-electron chi connectivity index (χ3n) is 4.03. The summed E-state index contributed by atoms with van der Waals surface area (Å²) in [7, 11) is 0. The summed E-state index contributed by atoms with van der Waals surface area (Å²) in [5.41, 5.74) is 2.27. The van der Waals surface area contributed by atoms with Crippen LogP contribution in [0.4, 0.5) is 0 Å². The number of hydrogen-bond donors (Lipinski definition) is 0. The maximum Gasteiger partial charge on any atom is 0.290 e. The lowest BCUT2D eigenvalue weighted by atomic mass is 10.2. The van der Waals surface area contributed by atoms with Gasteiger partial charge in [0.05, 0.1) is 11.7 Å². The van der Waals surface area contributed by atoms with E-state index in [2.05, 4.69) is 15.0 Å². The molecule has 4 heterocycles. The largest absolute Gasteiger partial charge is 0.336 e. The van der Waals surface area contributed by atoms with Crippen LogP contribution in [-0.2, 0) is 0 Å². The van der Waals surface area contributed by atoms with E-state index in [-0.39, 0.29) is 5.91 Å². The predicted molar refractivity (Wildman–Crippen MR) is 86.4 cm³/mol. The molecule has 0 bridgehead atoms. The lowest BCUT2D eigenvalue weighted by molar-refractivity contribution is 0.0780. The molecule has 23 heavy (non-hydrogen) atoms. The zero-order valence-electron chi connectivity index (χ0n) is 12.3. The minimum Gasteiger partial charge on any atom is -0.336 e. The standard InChI is InChI=1S/C16H14ClN5O/c17-13-4-3-11(9-19-13)14-12-10-18-5-8-22(12)15(20-14)16(23)21-6-1-2-7-21/h3-5,8-10H,1-2,6-7H2. The molecule has 0 unspecified atom stereocenters. The fourth-order valence-electron chi connectivity index (χ4n) is 2.88. The van der Waals surface area contributed by atoms with Crippen LogP contribution in [0.3, 0.4) is 0 Å². The van der Waals surface area contributed by atoms with E-state index in [0.29, 0.717) is 16.7 Å². The summed E-state index contributed by atoms with van der Waals surface area (Å²) in [6, 6.07) is 3.55. The Morgan fingerprint density at radius 2 is 2.00 bits per heavy atom. The van der Waals surface area contributed by atoms with E-state index in [0.717, 1.165) is 37.0 Å². The topological polar surface area (TPSA) is 63.4 Å². The number of imidazole rings is 1. The van der Waals surface area contributed by atoms with Gasteiger partial charge < -0.3 is 4.90 Å². The van der Waals surface area contributed by atoms with Crippen LogP contribution in [0.1, 0.15) is 23.5 Å². The molecule has 3 aromatic heterocycles. The van der Waals surface area contributed by atoms with Gasteiger partial charge in [0, 0.05) is 37.2 Å². The van der Waals surface area contributed by atoms with Crippen molar-refractivity contribution in [3.63, 3.8) is 0 Å². The van der Waals surface area contributed by atoms with Gasteiger partial charge in [-0.1, -0.05) is 11.6 Å². The van der Waals surface area contributed by atoms with Crippen LogP contribution < -0.4 is 0 Å². The van der Waals surface area contributed by atoms with Gasteiger partial charge in [-0.2, -0.15) is 0 Å². The van der Waals surface area contributed by atoms with Gasteiger partial charge in [0.15, 0.2) is 0 Å². The second kappa shape index (κ2) is 5.62. The number of pyridine rings is 1. The number of nitrogens with zero attached hydrogens (tertiary/aromatic N) is 5. The van der Waals surface area contributed by atoms with Crippen LogP contribution in [0.2, 0.25) is 5.15 Å². The van der Waals surface area contributed by atoms with E-state index in [9.17, 15) is 4.79 Å². The molecule has 0 radical (unpaired) electrons. The Kier molecular flexibility index (Phi) is 3.46. The van der Waals surface area contributed by atoms with Gasteiger partial charge >= 0.3 is 0 Å². The molecule has 1 amide bonds. The molecular weight excluding hydrogens is 314 g/mol. The van der Waals surface area contributed by atoms with E-state index in [1.54, 1.807) is 35.3 Å². The highest BCUT2D eigenvalue weighted by molar-refractivity contribution is 6.29. The first-order chi connectivity index (χ1) is 11.2. The van der Waals surface area contributed by atoms with Gasteiger partial charge in [-0.05, 0) is 25.0 Å². The van der Waals surface area contributed by atoms with Crippen LogP contribution in [0.15, 0.2) is 36.9 Å². The Morgan fingerprint density at radius 1 is 1.17 bits per heavy atom. The summed E-state index contributed by atoms with van der Waals surface area (Å²) < 4.78 is 1.79. The minimum absolute atomic E-state index is 0.0446. The number of carbonyl (C=O) groups excluding carboxylic acids is 1. The number of fused-ring (bicyclic) bond motifs is 1. The van der Waals surface area contributed by atoms with Crippen molar-refractivity contribution in [1.29, 1.82) is 0 Å². The van der Waals surface area contributed by atoms with Gasteiger partial charge in [0.2, 0.25) is 5.82 Å². The maximum absolute atomic E-state index is 12.7. The summed E-state index contributed by atoms with van der Waals surface area (Å²) in [4.78, 5) is 27.4.